The van der Waals surface area contributed by atoms with Gasteiger partial charge in [-0.25, -0.2) is 15.0 Å². The van der Waals surface area contributed by atoms with Gasteiger partial charge >= 0.3 is 0 Å². The number of aromatic nitrogens is 5. The fraction of sp³-hybridized carbons (Fsp3) is 0. The lowest BCUT2D eigenvalue weighted by Crippen LogP contribution is -1.78. The van der Waals surface area contributed by atoms with Gasteiger partial charge in [-0.2, -0.15) is 0 Å². The highest BCUT2D eigenvalue weighted by molar-refractivity contribution is 7.13. The maximum absolute atomic E-state index is 4.64. The molecule has 0 saturated heterocycles. The Labute approximate surface area is 112 Å². The number of pyridine rings is 1. The predicted molar refractivity (Wildman–Crippen MR) is 74.8 cm³/mol. The molecule has 92 valence electrons. The van der Waals surface area contributed by atoms with E-state index < -0.39 is 0 Å². The fourth-order valence-corrected chi connectivity index (χ4v) is 2.85. The minimum Gasteiger partial charge on any atom is -0.345 e. The summed E-state index contributed by atoms with van der Waals surface area (Å²) in [5.41, 5.74) is 3.85. The lowest BCUT2D eigenvalue weighted by Gasteiger charge is -1.93. The van der Waals surface area contributed by atoms with Gasteiger partial charge in [-0.1, -0.05) is 0 Å². The number of aromatic amines is 2. The van der Waals surface area contributed by atoms with E-state index in [-0.39, 0.29) is 0 Å². The average molecular weight is 267 g/mol. The Morgan fingerprint density at radius 3 is 3.11 bits per heavy atom. The first-order valence-corrected chi connectivity index (χ1v) is 6.66. The molecule has 0 aliphatic carbocycles. The third kappa shape index (κ3) is 1.65. The quantitative estimate of drug-likeness (QED) is 0.586. The van der Waals surface area contributed by atoms with Crippen molar-refractivity contribution < 1.29 is 0 Å². The van der Waals surface area contributed by atoms with E-state index in [1.54, 1.807) is 30.1 Å². The molecule has 2 N–H and O–H groups in total. The van der Waals surface area contributed by atoms with Crippen LogP contribution in [0.1, 0.15) is 0 Å². The molecule has 0 aliphatic rings. The van der Waals surface area contributed by atoms with Crippen LogP contribution in [0.5, 0.6) is 0 Å². The van der Waals surface area contributed by atoms with E-state index in [1.165, 1.54) is 0 Å². The summed E-state index contributed by atoms with van der Waals surface area (Å²) in [7, 11) is 0. The van der Waals surface area contributed by atoms with Gasteiger partial charge in [0.2, 0.25) is 0 Å². The molecule has 0 amide bonds. The number of imidazole rings is 1. The van der Waals surface area contributed by atoms with Crippen molar-refractivity contribution in [3.63, 3.8) is 0 Å². The molecule has 0 aliphatic heterocycles. The van der Waals surface area contributed by atoms with Crippen LogP contribution in [0, 0.1) is 0 Å². The fourth-order valence-electron chi connectivity index (χ4n) is 2.06. The number of rotatable bonds is 2. The molecule has 4 aromatic heterocycles. The molecule has 0 saturated carbocycles. The maximum Gasteiger partial charge on any atom is 0.141 e. The van der Waals surface area contributed by atoms with Crippen molar-refractivity contribution in [1.82, 2.24) is 24.9 Å². The molecule has 0 fully saturated rings. The summed E-state index contributed by atoms with van der Waals surface area (Å²) in [4.78, 5) is 19.2. The molecular weight excluding hydrogens is 258 g/mol. The molecule has 5 nitrogen and oxygen atoms in total. The molecule has 0 aromatic carbocycles. The highest BCUT2D eigenvalue weighted by atomic mass is 32.1. The Kier molecular flexibility index (Phi) is 2.22. The highest BCUT2D eigenvalue weighted by Crippen LogP contribution is 2.31. The first-order chi connectivity index (χ1) is 9.42. The lowest BCUT2D eigenvalue weighted by atomic mass is 10.2. The van der Waals surface area contributed by atoms with Gasteiger partial charge in [-0.05, 0) is 12.1 Å². The van der Waals surface area contributed by atoms with Crippen LogP contribution in [-0.2, 0) is 0 Å². The normalized spacial score (nSPS) is 11.2. The van der Waals surface area contributed by atoms with Crippen LogP contribution < -0.4 is 0 Å². The van der Waals surface area contributed by atoms with Crippen molar-refractivity contribution in [2.75, 3.05) is 0 Å². The van der Waals surface area contributed by atoms with Gasteiger partial charge in [-0.15, -0.1) is 11.3 Å². The summed E-state index contributed by atoms with van der Waals surface area (Å²) < 4.78 is 0. The van der Waals surface area contributed by atoms with Crippen LogP contribution in [-0.4, -0.2) is 24.9 Å². The zero-order valence-corrected chi connectivity index (χ0v) is 10.6. The first-order valence-electron chi connectivity index (χ1n) is 5.78. The SMILES string of the molecule is c1cnc2[nH]cc(-c3csc(-c4cnc[nH]4)n3)c2c1. The van der Waals surface area contributed by atoms with E-state index >= 15 is 0 Å². The van der Waals surface area contributed by atoms with Crippen molar-refractivity contribution >= 4 is 22.4 Å². The van der Waals surface area contributed by atoms with Gasteiger partial charge in [0.05, 0.1) is 23.9 Å². The maximum atomic E-state index is 4.64. The number of thiazole rings is 1. The largest absolute Gasteiger partial charge is 0.345 e. The van der Waals surface area contributed by atoms with E-state index in [9.17, 15) is 0 Å². The van der Waals surface area contributed by atoms with Gasteiger partial charge < -0.3 is 9.97 Å². The molecule has 0 atom stereocenters. The Hall–Kier alpha value is -2.47. The topological polar surface area (TPSA) is 70.2 Å². The standard InChI is InChI=1S/C13H9N5S/c1-2-8-9(4-16-12(8)15-3-1)11-6-19-13(18-11)10-5-14-7-17-10/h1-7H,(H,14,17)(H,15,16). The molecule has 0 radical (unpaired) electrons. The van der Waals surface area contributed by atoms with Gasteiger partial charge in [0.1, 0.15) is 10.7 Å². The summed E-state index contributed by atoms with van der Waals surface area (Å²) in [5.74, 6) is 0. The second-order valence-electron chi connectivity index (χ2n) is 4.11. The summed E-state index contributed by atoms with van der Waals surface area (Å²) in [6.07, 6.45) is 7.16. The Balaban J connectivity index is 1.85. The Bertz CT molecular complexity index is 828. The molecule has 0 unspecified atom stereocenters. The predicted octanol–water partition coefficient (Wildman–Crippen LogP) is 3.08. The minimum atomic E-state index is 0.883. The third-order valence-corrected chi connectivity index (χ3v) is 3.84. The number of nitrogens with zero attached hydrogens (tertiary/aromatic N) is 3. The van der Waals surface area contributed by atoms with Crippen LogP contribution in [0.3, 0.4) is 0 Å². The van der Waals surface area contributed by atoms with Gasteiger partial charge in [0, 0.05) is 28.7 Å². The molecule has 6 heteroatoms. The summed E-state index contributed by atoms with van der Waals surface area (Å²) in [6.45, 7) is 0. The van der Waals surface area contributed by atoms with Crippen LogP contribution in [0.25, 0.3) is 33.0 Å². The smallest absolute Gasteiger partial charge is 0.141 e. The van der Waals surface area contributed by atoms with Gasteiger partial charge in [-0.3, -0.25) is 0 Å². The van der Waals surface area contributed by atoms with Crippen molar-refractivity contribution in [3.8, 4) is 22.0 Å². The monoisotopic (exact) mass is 267 g/mol. The van der Waals surface area contributed by atoms with Crippen LogP contribution >= 0.6 is 11.3 Å². The molecule has 19 heavy (non-hydrogen) atoms. The molecule has 0 bridgehead atoms. The zero-order valence-electron chi connectivity index (χ0n) is 9.79. The van der Waals surface area contributed by atoms with Gasteiger partial charge in [0.15, 0.2) is 0 Å². The lowest BCUT2D eigenvalue weighted by molar-refractivity contribution is 1.30. The van der Waals surface area contributed by atoms with E-state index in [1.807, 2.05) is 23.7 Å². The highest BCUT2D eigenvalue weighted by Gasteiger charge is 2.11. The average Bonchev–Trinajstić information content (AvgIpc) is 3.18. The summed E-state index contributed by atoms with van der Waals surface area (Å²) >= 11 is 1.60. The molecule has 4 rings (SSSR count). The van der Waals surface area contributed by atoms with Gasteiger partial charge in [0.25, 0.3) is 0 Å². The molecular formula is C13H9N5S. The second kappa shape index (κ2) is 4.03. The number of hydrogen-bond donors (Lipinski definition) is 2. The molecule has 4 heterocycles. The third-order valence-electron chi connectivity index (χ3n) is 2.96. The molecule has 0 spiro atoms. The van der Waals surface area contributed by atoms with Crippen molar-refractivity contribution in [2.45, 2.75) is 0 Å². The Morgan fingerprint density at radius 2 is 2.21 bits per heavy atom. The van der Waals surface area contributed by atoms with E-state index in [4.69, 9.17) is 0 Å². The van der Waals surface area contributed by atoms with Crippen molar-refractivity contribution in [1.29, 1.82) is 0 Å². The summed E-state index contributed by atoms with van der Waals surface area (Å²) in [5, 5.41) is 4.07. The van der Waals surface area contributed by atoms with Crippen molar-refractivity contribution in [2.24, 2.45) is 0 Å². The number of hydrogen-bond acceptors (Lipinski definition) is 4. The Morgan fingerprint density at radius 1 is 1.21 bits per heavy atom. The van der Waals surface area contributed by atoms with Crippen molar-refractivity contribution in [3.05, 3.63) is 42.4 Å². The van der Waals surface area contributed by atoms with Crippen LogP contribution in [0.15, 0.2) is 42.4 Å². The summed E-state index contributed by atoms with van der Waals surface area (Å²) in [6, 6.07) is 3.98. The van der Waals surface area contributed by atoms with E-state index in [0.29, 0.717) is 0 Å². The first kappa shape index (κ1) is 10.5. The number of H-pyrrole nitrogens is 2. The van der Waals surface area contributed by atoms with Crippen LogP contribution in [0.4, 0.5) is 0 Å². The van der Waals surface area contributed by atoms with Crippen LogP contribution in [0.2, 0.25) is 0 Å². The molecule has 4 aromatic rings. The second-order valence-corrected chi connectivity index (χ2v) is 4.96. The number of fused-ring (bicyclic) bond motifs is 1. The minimum absolute atomic E-state index is 0.883. The zero-order chi connectivity index (χ0) is 12.7. The van der Waals surface area contributed by atoms with E-state index in [2.05, 4.69) is 24.9 Å². The number of nitrogens with one attached hydrogen (secondary N) is 2. The van der Waals surface area contributed by atoms with E-state index in [0.717, 1.165) is 33.0 Å².